The van der Waals surface area contributed by atoms with Crippen LogP contribution in [0.3, 0.4) is 0 Å². The van der Waals surface area contributed by atoms with Gasteiger partial charge in [0.25, 0.3) is 0 Å². The Kier molecular flexibility index (Phi) is 6.15. The quantitative estimate of drug-likeness (QED) is 0.520. The molecule has 138 valence electrons. The number of urea groups is 1. The number of hydrogen-bond donors (Lipinski definition) is 3. The number of anilines is 3. The maximum absolute atomic E-state index is 12.9. The van der Waals surface area contributed by atoms with Crippen molar-refractivity contribution in [3.05, 3.63) is 69.9 Å². The third-order valence-electron chi connectivity index (χ3n) is 3.32. The summed E-state index contributed by atoms with van der Waals surface area (Å²) >= 11 is 4.56. The molecule has 0 atom stereocenters. The van der Waals surface area contributed by atoms with Gasteiger partial charge in [-0.1, -0.05) is 22.0 Å². The van der Waals surface area contributed by atoms with Gasteiger partial charge in [-0.3, -0.25) is 10.1 Å². The number of nitrogens with zero attached hydrogens (tertiary/aromatic N) is 1. The lowest BCUT2D eigenvalue weighted by Crippen LogP contribution is -2.19. The van der Waals surface area contributed by atoms with E-state index in [1.165, 1.54) is 35.6 Å². The van der Waals surface area contributed by atoms with E-state index in [1.54, 1.807) is 17.5 Å². The minimum atomic E-state index is -0.499. The van der Waals surface area contributed by atoms with Crippen LogP contribution in [-0.4, -0.2) is 16.9 Å². The molecule has 0 aliphatic carbocycles. The summed E-state index contributed by atoms with van der Waals surface area (Å²) in [6.07, 6.45) is 0.0876. The summed E-state index contributed by atoms with van der Waals surface area (Å²) in [4.78, 5) is 28.3. The van der Waals surface area contributed by atoms with Crippen LogP contribution in [0.25, 0.3) is 0 Å². The molecule has 1 aromatic heterocycles. The molecule has 0 aliphatic heterocycles. The van der Waals surface area contributed by atoms with Crippen LogP contribution in [0, 0.1) is 5.82 Å². The first kappa shape index (κ1) is 19.0. The van der Waals surface area contributed by atoms with E-state index < -0.39 is 6.03 Å². The molecule has 6 nitrogen and oxygen atoms in total. The largest absolute Gasteiger partial charge is 0.326 e. The van der Waals surface area contributed by atoms with E-state index in [-0.39, 0.29) is 18.1 Å². The molecule has 3 aromatic rings. The van der Waals surface area contributed by atoms with Crippen LogP contribution in [0.5, 0.6) is 0 Å². The Hall–Kier alpha value is -2.78. The SMILES string of the molecule is O=C(Cc1csc(NC(=O)Nc2ccc(F)cc2)n1)Nc1cccc(Br)c1. The summed E-state index contributed by atoms with van der Waals surface area (Å²) in [6, 6.07) is 12.2. The highest BCUT2D eigenvalue weighted by molar-refractivity contribution is 9.10. The third kappa shape index (κ3) is 5.87. The Morgan fingerprint density at radius 2 is 1.81 bits per heavy atom. The molecule has 3 N–H and O–H groups in total. The third-order valence-corrected chi connectivity index (χ3v) is 4.62. The van der Waals surface area contributed by atoms with Crippen molar-refractivity contribution in [2.24, 2.45) is 0 Å². The average Bonchev–Trinajstić information content (AvgIpc) is 3.03. The van der Waals surface area contributed by atoms with Gasteiger partial charge in [-0.05, 0) is 42.5 Å². The highest BCUT2D eigenvalue weighted by Gasteiger charge is 2.10. The number of amides is 3. The molecule has 3 rings (SSSR count). The van der Waals surface area contributed by atoms with E-state index in [4.69, 9.17) is 0 Å². The van der Waals surface area contributed by atoms with Crippen LogP contribution in [0.1, 0.15) is 5.69 Å². The predicted octanol–water partition coefficient (Wildman–Crippen LogP) is 4.87. The summed E-state index contributed by atoms with van der Waals surface area (Å²) in [5.41, 5.74) is 1.69. The lowest BCUT2D eigenvalue weighted by Gasteiger charge is -2.05. The van der Waals surface area contributed by atoms with Gasteiger partial charge in [0.2, 0.25) is 5.91 Å². The molecule has 0 aliphatic rings. The van der Waals surface area contributed by atoms with Crippen molar-refractivity contribution >= 4 is 55.7 Å². The number of carbonyl (C=O) groups is 2. The smallest absolute Gasteiger partial charge is 0.325 e. The summed E-state index contributed by atoms with van der Waals surface area (Å²) in [5.74, 6) is -0.590. The number of carbonyl (C=O) groups excluding carboxylic acids is 2. The first-order valence-corrected chi connectivity index (χ1v) is 9.48. The summed E-state index contributed by atoms with van der Waals surface area (Å²) < 4.78 is 13.7. The Bertz CT molecular complexity index is 962. The molecule has 0 saturated carbocycles. The fourth-order valence-corrected chi connectivity index (χ4v) is 3.28. The summed E-state index contributed by atoms with van der Waals surface area (Å²) in [7, 11) is 0. The van der Waals surface area contributed by atoms with E-state index in [2.05, 4.69) is 36.9 Å². The topological polar surface area (TPSA) is 83.1 Å². The van der Waals surface area contributed by atoms with Crippen LogP contribution in [0.15, 0.2) is 58.4 Å². The number of aromatic nitrogens is 1. The normalized spacial score (nSPS) is 10.3. The van der Waals surface area contributed by atoms with Gasteiger partial charge in [-0.15, -0.1) is 11.3 Å². The van der Waals surface area contributed by atoms with Crippen LogP contribution in [0.4, 0.5) is 25.7 Å². The molecule has 0 spiro atoms. The minimum absolute atomic E-state index is 0.0876. The van der Waals surface area contributed by atoms with E-state index in [0.29, 0.717) is 22.2 Å². The molecule has 0 fully saturated rings. The van der Waals surface area contributed by atoms with Crippen LogP contribution < -0.4 is 16.0 Å². The van der Waals surface area contributed by atoms with Gasteiger partial charge < -0.3 is 10.6 Å². The van der Waals surface area contributed by atoms with Crippen molar-refractivity contribution in [2.75, 3.05) is 16.0 Å². The molecule has 1 heterocycles. The van der Waals surface area contributed by atoms with Crippen molar-refractivity contribution in [2.45, 2.75) is 6.42 Å². The first-order valence-electron chi connectivity index (χ1n) is 7.81. The molecular formula is C18H14BrFN4O2S. The van der Waals surface area contributed by atoms with Gasteiger partial charge in [0, 0.05) is 21.2 Å². The fraction of sp³-hybridized carbons (Fsp3) is 0.0556. The van der Waals surface area contributed by atoms with Crippen LogP contribution in [0.2, 0.25) is 0 Å². The Balaban J connectivity index is 1.52. The van der Waals surface area contributed by atoms with Crippen molar-refractivity contribution < 1.29 is 14.0 Å². The van der Waals surface area contributed by atoms with Crippen molar-refractivity contribution in [1.29, 1.82) is 0 Å². The van der Waals surface area contributed by atoms with Gasteiger partial charge in [0.15, 0.2) is 5.13 Å². The fourth-order valence-electron chi connectivity index (χ4n) is 2.17. The molecule has 0 saturated heterocycles. The standard InChI is InChI=1S/C18H14BrFN4O2S/c19-11-2-1-3-14(8-11)21-16(25)9-15-10-27-18(23-15)24-17(26)22-13-6-4-12(20)5-7-13/h1-8,10H,9H2,(H,21,25)(H2,22,23,24,26). The highest BCUT2D eigenvalue weighted by atomic mass is 79.9. The minimum Gasteiger partial charge on any atom is -0.326 e. The second kappa shape index (κ2) is 8.74. The zero-order valence-corrected chi connectivity index (χ0v) is 16.2. The van der Waals surface area contributed by atoms with Crippen molar-refractivity contribution in [1.82, 2.24) is 4.98 Å². The molecule has 9 heteroatoms. The predicted molar refractivity (Wildman–Crippen MR) is 108 cm³/mol. The molecule has 0 bridgehead atoms. The maximum Gasteiger partial charge on any atom is 0.325 e. The second-order valence-corrected chi connectivity index (χ2v) is 7.24. The van der Waals surface area contributed by atoms with Gasteiger partial charge >= 0.3 is 6.03 Å². The van der Waals surface area contributed by atoms with Gasteiger partial charge in [0.1, 0.15) is 5.82 Å². The zero-order chi connectivity index (χ0) is 19.2. The van der Waals surface area contributed by atoms with Crippen LogP contribution >= 0.6 is 27.3 Å². The second-order valence-electron chi connectivity index (χ2n) is 5.47. The Morgan fingerprint density at radius 1 is 1.04 bits per heavy atom. The number of thiazole rings is 1. The molecule has 0 radical (unpaired) electrons. The lowest BCUT2D eigenvalue weighted by atomic mass is 10.3. The van der Waals surface area contributed by atoms with Gasteiger partial charge in [-0.25, -0.2) is 14.2 Å². The Labute approximate surface area is 167 Å². The van der Waals surface area contributed by atoms with E-state index in [1.807, 2.05) is 12.1 Å². The molecule has 0 unspecified atom stereocenters. The first-order chi connectivity index (χ1) is 13.0. The van der Waals surface area contributed by atoms with E-state index >= 15 is 0 Å². The number of benzene rings is 2. The van der Waals surface area contributed by atoms with E-state index in [0.717, 1.165) is 4.47 Å². The van der Waals surface area contributed by atoms with Gasteiger partial charge in [0.05, 0.1) is 12.1 Å². The van der Waals surface area contributed by atoms with Crippen molar-refractivity contribution in [3.8, 4) is 0 Å². The van der Waals surface area contributed by atoms with E-state index in [9.17, 15) is 14.0 Å². The van der Waals surface area contributed by atoms with Crippen molar-refractivity contribution in [3.63, 3.8) is 0 Å². The number of hydrogen-bond acceptors (Lipinski definition) is 4. The summed E-state index contributed by atoms with van der Waals surface area (Å²) in [5, 5.41) is 10.0. The van der Waals surface area contributed by atoms with Crippen LogP contribution in [-0.2, 0) is 11.2 Å². The molecule has 2 aromatic carbocycles. The molecule has 27 heavy (non-hydrogen) atoms. The maximum atomic E-state index is 12.9. The zero-order valence-electron chi connectivity index (χ0n) is 13.8. The Morgan fingerprint density at radius 3 is 2.56 bits per heavy atom. The highest BCUT2D eigenvalue weighted by Crippen LogP contribution is 2.18. The number of halogens is 2. The molecular weight excluding hydrogens is 435 g/mol. The average molecular weight is 449 g/mol. The van der Waals surface area contributed by atoms with Gasteiger partial charge in [-0.2, -0.15) is 0 Å². The lowest BCUT2D eigenvalue weighted by molar-refractivity contribution is -0.115. The number of rotatable bonds is 5. The number of nitrogens with one attached hydrogen (secondary N) is 3. The monoisotopic (exact) mass is 448 g/mol. The molecule has 3 amide bonds. The summed E-state index contributed by atoms with van der Waals surface area (Å²) in [6.45, 7) is 0.